The van der Waals surface area contributed by atoms with Crippen LogP contribution in [0.25, 0.3) is 0 Å². The molecule has 0 atom stereocenters. The Balaban J connectivity index is 0.000000384. The van der Waals surface area contributed by atoms with Crippen molar-refractivity contribution in [2.75, 3.05) is 5.75 Å². The van der Waals surface area contributed by atoms with Gasteiger partial charge >= 0.3 is 153 Å². The number of aliphatic hydroxyl groups is 1. The Kier molecular flexibility index (Phi) is 10.1. The number of alkyl halides is 6. The van der Waals surface area contributed by atoms with Gasteiger partial charge in [0.05, 0.1) is 15.9 Å². The number of hydrogen-bond donors (Lipinski definition) is 1. The van der Waals surface area contributed by atoms with Gasteiger partial charge in [-0.25, -0.2) is 8.42 Å². The van der Waals surface area contributed by atoms with Crippen LogP contribution in [0.5, 0.6) is 0 Å². The Bertz CT molecular complexity index is 1030. The molecule has 2 rings (SSSR count). The van der Waals surface area contributed by atoms with E-state index in [4.69, 9.17) is 5.11 Å². The Morgan fingerprint density at radius 3 is 1.14 bits per heavy atom. The number of rotatable bonds is 4. The molecule has 0 fully saturated rings. The minimum atomic E-state index is -6.30. The molecule has 206 valence electrons. The molecule has 0 bridgehead atoms. The SMILES string of the molecule is CC(C)(C)c1ccc([I-]c2ccc(C(C)(C)C)cc2)cc1.O=S(=O)([O-])CC(O)(C(F)(F)F)C(F)(F)F. The van der Waals surface area contributed by atoms with Gasteiger partial charge in [0, 0.05) is 0 Å². The van der Waals surface area contributed by atoms with Gasteiger partial charge in [0.25, 0.3) is 5.60 Å². The first-order valence-corrected chi connectivity index (χ1v) is 14.3. The first-order chi connectivity index (χ1) is 15.9. The minimum absolute atomic E-state index is 0.0703. The summed E-state index contributed by atoms with van der Waals surface area (Å²) in [6.45, 7) is 13.6. The summed E-state index contributed by atoms with van der Waals surface area (Å²) in [5.41, 5.74) is -2.23. The summed E-state index contributed by atoms with van der Waals surface area (Å²) >= 11 is -0.0703. The van der Waals surface area contributed by atoms with Crippen molar-refractivity contribution in [2.45, 2.75) is 70.3 Å². The normalized spacial score (nSPS) is 13.8. The van der Waals surface area contributed by atoms with Crippen LogP contribution in [-0.4, -0.2) is 41.8 Å². The topological polar surface area (TPSA) is 77.4 Å². The van der Waals surface area contributed by atoms with E-state index in [9.17, 15) is 39.3 Å². The van der Waals surface area contributed by atoms with Crippen LogP contribution in [-0.2, 0) is 20.9 Å². The number of halogens is 7. The van der Waals surface area contributed by atoms with Gasteiger partial charge < -0.3 is 9.66 Å². The van der Waals surface area contributed by atoms with Crippen molar-refractivity contribution in [3.8, 4) is 0 Å². The van der Waals surface area contributed by atoms with E-state index in [0.717, 1.165) is 0 Å². The van der Waals surface area contributed by atoms with Crippen LogP contribution >= 0.6 is 0 Å². The van der Waals surface area contributed by atoms with Crippen molar-refractivity contribution < 1.29 is 65.6 Å². The quantitative estimate of drug-likeness (QED) is 0.313. The van der Waals surface area contributed by atoms with E-state index < -0.39 is 33.8 Å². The predicted molar refractivity (Wildman–Crippen MR) is 119 cm³/mol. The first kappa shape index (κ1) is 32.6. The van der Waals surface area contributed by atoms with Gasteiger partial charge in [-0.3, -0.25) is 0 Å². The third-order valence-electron chi connectivity index (χ3n) is 4.96. The van der Waals surface area contributed by atoms with Crippen molar-refractivity contribution in [3.05, 3.63) is 66.8 Å². The van der Waals surface area contributed by atoms with Crippen molar-refractivity contribution in [2.24, 2.45) is 0 Å². The molecule has 0 aliphatic heterocycles. The van der Waals surface area contributed by atoms with E-state index in [1.165, 1.54) is 18.3 Å². The van der Waals surface area contributed by atoms with Gasteiger partial charge in [-0.2, -0.15) is 26.3 Å². The molecule has 0 heterocycles. The molecule has 0 radical (unpaired) electrons. The molecule has 4 nitrogen and oxygen atoms in total. The van der Waals surface area contributed by atoms with Crippen LogP contribution in [0.15, 0.2) is 48.5 Å². The minimum Gasteiger partial charge on any atom is -0.748 e. The van der Waals surface area contributed by atoms with Crippen molar-refractivity contribution in [3.63, 3.8) is 0 Å². The third kappa shape index (κ3) is 9.49. The zero-order chi connectivity index (χ0) is 28.4. The van der Waals surface area contributed by atoms with Crippen LogP contribution in [0, 0.1) is 7.14 Å². The van der Waals surface area contributed by atoms with Gasteiger partial charge in [-0.05, 0) is 0 Å². The zero-order valence-electron chi connectivity index (χ0n) is 20.6. The van der Waals surface area contributed by atoms with Gasteiger partial charge in [0.1, 0.15) is 0 Å². The first-order valence-electron chi connectivity index (χ1n) is 10.5. The van der Waals surface area contributed by atoms with Crippen LogP contribution < -0.4 is 21.2 Å². The van der Waals surface area contributed by atoms with Gasteiger partial charge in [-0.15, -0.1) is 0 Å². The molecule has 12 heteroatoms. The second kappa shape index (κ2) is 11.2. The molecule has 0 saturated heterocycles. The van der Waals surface area contributed by atoms with Crippen LogP contribution in [0.1, 0.15) is 52.7 Å². The molecule has 2 aromatic carbocycles. The van der Waals surface area contributed by atoms with E-state index in [1.807, 2.05) is 0 Å². The van der Waals surface area contributed by atoms with Crippen molar-refractivity contribution in [1.82, 2.24) is 0 Å². The summed E-state index contributed by atoms with van der Waals surface area (Å²) in [6.07, 6.45) is -12.6. The smallest absolute Gasteiger partial charge is 0.427 e. The van der Waals surface area contributed by atoms with E-state index >= 15 is 0 Å². The maximum atomic E-state index is 11.8. The molecule has 0 spiro atoms. The number of benzene rings is 2. The van der Waals surface area contributed by atoms with Gasteiger partial charge in [-0.1, -0.05) is 0 Å². The van der Waals surface area contributed by atoms with Crippen molar-refractivity contribution >= 4 is 10.1 Å². The Labute approximate surface area is 218 Å². The Morgan fingerprint density at radius 1 is 0.694 bits per heavy atom. The molecule has 0 aliphatic carbocycles. The predicted octanol–water partition coefficient (Wildman–Crippen LogP) is 2.80. The molecule has 2 aromatic rings. The van der Waals surface area contributed by atoms with Crippen LogP contribution in [0.2, 0.25) is 0 Å². The third-order valence-corrected chi connectivity index (χ3v) is 8.42. The largest absolute Gasteiger partial charge is 0.748 e. The summed E-state index contributed by atoms with van der Waals surface area (Å²) in [5.74, 6) is -3.01. The van der Waals surface area contributed by atoms with E-state index in [1.54, 1.807) is 0 Å². The maximum Gasteiger partial charge on any atom is 0.427 e. The standard InChI is InChI=1S/C20H26I.C4H4F6O4S/c1-19(2,3)15-7-11-17(12-8-15)21-18-13-9-16(10-14-18)20(4,5)6;5-3(6,7)2(11,4(8,9)10)1-15(12,13)14/h7-14H,1-6H3;11H,1H2,(H,12,13,14)/q-1;/p-1. The average Bonchev–Trinajstić information content (AvgIpc) is 2.65. The van der Waals surface area contributed by atoms with E-state index in [2.05, 4.69) is 90.1 Å². The van der Waals surface area contributed by atoms with Gasteiger partial charge in [0.2, 0.25) is 0 Å². The molecular formula is C24H29F6IO4S-2. The van der Waals surface area contributed by atoms with E-state index in [-0.39, 0.29) is 32.0 Å². The Morgan fingerprint density at radius 2 is 0.972 bits per heavy atom. The summed E-state index contributed by atoms with van der Waals surface area (Å²) in [7, 11) is -5.89. The zero-order valence-corrected chi connectivity index (χ0v) is 23.5. The fourth-order valence-electron chi connectivity index (χ4n) is 2.73. The molecule has 0 amide bonds. The second-order valence-electron chi connectivity index (χ2n) is 10.2. The fraction of sp³-hybridized carbons (Fsp3) is 0.500. The fourth-order valence-corrected chi connectivity index (χ4v) is 5.73. The Hall–Kier alpha value is -1.38. The number of hydrogen-bond acceptors (Lipinski definition) is 4. The summed E-state index contributed by atoms with van der Waals surface area (Å²) in [4.78, 5) is 0. The molecular weight excluding hydrogens is 625 g/mol. The van der Waals surface area contributed by atoms with Crippen LogP contribution in [0.3, 0.4) is 0 Å². The van der Waals surface area contributed by atoms with E-state index in [0.29, 0.717) is 0 Å². The molecule has 0 aliphatic rings. The molecule has 1 N–H and O–H groups in total. The molecule has 0 aromatic heterocycles. The summed E-state index contributed by atoms with van der Waals surface area (Å²) in [6, 6.07) is 18.4. The molecule has 0 saturated carbocycles. The van der Waals surface area contributed by atoms with Crippen LogP contribution in [0.4, 0.5) is 26.3 Å². The maximum absolute atomic E-state index is 11.8. The van der Waals surface area contributed by atoms with Gasteiger partial charge in [0.15, 0.2) is 0 Å². The van der Waals surface area contributed by atoms with Crippen molar-refractivity contribution in [1.29, 1.82) is 0 Å². The second-order valence-corrected chi connectivity index (χ2v) is 14.6. The summed E-state index contributed by atoms with van der Waals surface area (Å²) < 4.78 is 103. The average molecular weight is 654 g/mol. The monoisotopic (exact) mass is 654 g/mol. The molecule has 0 unspecified atom stereocenters. The summed E-state index contributed by atoms with van der Waals surface area (Å²) in [5, 5.41) is 8.19. The molecule has 36 heavy (non-hydrogen) atoms.